The van der Waals surface area contributed by atoms with Crippen molar-refractivity contribution in [3.05, 3.63) is 18.0 Å². The van der Waals surface area contributed by atoms with Crippen LogP contribution in [-0.4, -0.2) is 51.2 Å². The second-order valence-corrected chi connectivity index (χ2v) is 5.88. The highest BCUT2D eigenvalue weighted by atomic mass is 16.4. The number of rotatable bonds is 2. The lowest BCUT2D eigenvalue weighted by Gasteiger charge is -2.42. The van der Waals surface area contributed by atoms with Gasteiger partial charge in [-0.05, 0) is 38.2 Å². The molecule has 2 aliphatic rings. The van der Waals surface area contributed by atoms with Gasteiger partial charge in [-0.1, -0.05) is 0 Å². The van der Waals surface area contributed by atoms with Crippen LogP contribution < -0.4 is 4.90 Å². The van der Waals surface area contributed by atoms with Gasteiger partial charge in [0.15, 0.2) is 0 Å². The van der Waals surface area contributed by atoms with E-state index in [4.69, 9.17) is 5.11 Å². The van der Waals surface area contributed by atoms with Crippen LogP contribution in [0.1, 0.15) is 38.2 Å². The predicted molar refractivity (Wildman–Crippen MR) is 75.0 cm³/mol. The molecule has 1 N–H and O–H groups in total. The topological polar surface area (TPSA) is 69.6 Å². The Bertz CT molecular complexity index is 500. The summed E-state index contributed by atoms with van der Waals surface area (Å²) < 4.78 is 0. The highest BCUT2D eigenvalue weighted by Crippen LogP contribution is 2.39. The Labute approximate surface area is 118 Å². The Hall–Kier alpha value is -1.85. The molecule has 1 aliphatic heterocycles. The molecule has 0 spiro atoms. The van der Waals surface area contributed by atoms with Crippen molar-refractivity contribution in [1.29, 1.82) is 0 Å². The van der Waals surface area contributed by atoms with Crippen LogP contribution in [0.25, 0.3) is 0 Å². The molecule has 0 aromatic carbocycles. The van der Waals surface area contributed by atoms with E-state index in [0.717, 1.165) is 0 Å². The van der Waals surface area contributed by atoms with Gasteiger partial charge in [0, 0.05) is 37.6 Å². The molecule has 1 aromatic heterocycles. The molecule has 1 amide bonds. The summed E-state index contributed by atoms with van der Waals surface area (Å²) in [6.45, 7) is 5.06. The first-order chi connectivity index (χ1) is 9.56. The van der Waals surface area contributed by atoms with Gasteiger partial charge < -0.3 is 14.9 Å². The van der Waals surface area contributed by atoms with Gasteiger partial charge in [0.2, 0.25) is 5.95 Å². The van der Waals surface area contributed by atoms with Crippen LogP contribution in [0.2, 0.25) is 0 Å². The molecule has 0 bridgehead atoms. The van der Waals surface area contributed by atoms with Crippen molar-refractivity contribution in [2.45, 2.75) is 44.7 Å². The Kier molecular flexibility index (Phi) is 3.23. The normalized spacial score (nSPS) is 26.7. The monoisotopic (exact) mass is 276 g/mol. The number of carboxylic acid groups (broad SMARTS) is 1. The van der Waals surface area contributed by atoms with E-state index in [1.54, 1.807) is 0 Å². The van der Waals surface area contributed by atoms with E-state index < -0.39 is 6.09 Å². The van der Waals surface area contributed by atoms with E-state index in [2.05, 4.69) is 14.9 Å². The van der Waals surface area contributed by atoms with Crippen LogP contribution in [-0.2, 0) is 0 Å². The van der Waals surface area contributed by atoms with Crippen LogP contribution in [0, 0.1) is 0 Å². The summed E-state index contributed by atoms with van der Waals surface area (Å²) in [5.74, 6) is 1.36. The standard InChI is InChI=1S/C14H20N4O2/c1-9-8-18(14(19)20)10(2)7-17(9)13-15-5-12(6-16-13)11-3-4-11/h5-6,9-11H,3-4,7-8H2,1-2H3,(H,19,20)/t9?,10-/m0/s1. The number of nitrogens with zero attached hydrogens (tertiary/aromatic N) is 4. The van der Waals surface area contributed by atoms with Crippen LogP contribution in [0.5, 0.6) is 0 Å². The number of hydrogen-bond donors (Lipinski definition) is 1. The third kappa shape index (κ3) is 2.42. The van der Waals surface area contributed by atoms with E-state index in [0.29, 0.717) is 25.0 Å². The summed E-state index contributed by atoms with van der Waals surface area (Å²) in [7, 11) is 0. The summed E-state index contributed by atoms with van der Waals surface area (Å²) >= 11 is 0. The number of piperazine rings is 1. The summed E-state index contributed by atoms with van der Waals surface area (Å²) in [6.07, 6.45) is 5.47. The van der Waals surface area contributed by atoms with E-state index >= 15 is 0 Å². The number of aromatic nitrogens is 2. The molecule has 0 radical (unpaired) electrons. The number of hydrogen-bond acceptors (Lipinski definition) is 4. The molecule has 1 saturated heterocycles. The SMILES string of the molecule is CC1CN(C(=O)O)[C@@H](C)CN1c1ncc(C2CC2)cn1. The van der Waals surface area contributed by atoms with Crippen molar-refractivity contribution in [2.75, 3.05) is 18.0 Å². The van der Waals surface area contributed by atoms with Crippen LogP contribution in [0.3, 0.4) is 0 Å². The maximum absolute atomic E-state index is 11.2. The smallest absolute Gasteiger partial charge is 0.407 e. The van der Waals surface area contributed by atoms with Crippen molar-refractivity contribution in [2.24, 2.45) is 0 Å². The van der Waals surface area contributed by atoms with Gasteiger partial charge in [0.25, 0.3) is 0 Å². The fourth-order valence-electron chi connectivity index (χ4n) is 2.78. The largest absolute Gasteiger partial charge is 0.465 e. The maximum atomic E-state index is 11.2. The molecule has 108 valence electrons. The highest BCUT2D eigenvalue weighted by Gasteiger charge is 2.33. The molecule has 20 heavy (non-hydrogen) atoms. The van der Waals surface area contributed by atoms with E-state index in [9.17, 15) is 4.79 Å². The molecule has 2 heterocycles. The van der Waals surface area contributed by atoms with Gasteiger partial charge in [0.1, 0.15) is 0 Å². The second kappa shape index (κ2) is 4.92. The first-order valence-electron chi connectivity index (χ1n) is 7.14. The fourth-order valence-corrected chi connectivity index (χ4v) is 2.78. The van der Waals surface area contributed by atoms with Gasteiger partial charge in [-0.15, -0.1) is 0 Å². The van der Waals surface area contributed by atoms with Crippen molar-refractivity contribution >= 4 is 12.0 Å². The lowest BCUT2D eigenvalue weighted by molar-refractivity contribution is 0.114. The molecule has 1 unspecified atom stereocenters. The van der Waals surface area contributed by atoms with Crippen LogP contribution >= 0.6 is 0 Å². The third-order valence-electron chi connectivity index (χ3n) is 4.20. The van der Waals surface area contributed by atoms with Gasteiger partial charge in [-0.3, -0.25) is 0 Å². The maximum Gasteiger partial charge on any atom is 0.407 e. The zero-order chi connectivity index (χ0) is 14.3. The Morgan fingerprint density at radius 2 is 1.85 bits per heavy atom. The average Bonchev–Trinajstić information content (AvgIpc) is 3.25. The minimum atomic E-state index is -0.853. The zero-order valence-corrected chi connectivity index (χ0v) is 11.9. The Balaban J connectivity index is 1.74. The molecular weight excluding hydrogens is 256 g/mol. The molecule has 3 rings (SSSR count). The Morgan fingerprint density at radius 3 is 2.40 bits per heavy atom. The second-order valence-electron chi connectivity index (χ2n) is 5.88. The minimum Gasteiger partial charge on any atom is -0.465 e. The molecule has 6 heteroatoms. The fraction of sp³-hybridized carbons (Fsp3) is 0.643. The molecule has 1 aromatic rings. The zero-order valence-electron chi connectivity index (χ0n) is 11.9. The molecule has 1 aliphatic carbocycles. The van der Waals surface area contributed by atoms with Crippen molar-refractivity contribution in [1.82, 2.24) is 14.9 Å². The van der Waals surface area contributed by atoms with Crippen LogP contribution in [0.15, 0.2) is 12.4 Å². The van der Waals surface area contributed by atoms with Crippen molar-refractivity contribution in [3.8, 4) is 0 Å². The van der Waals surface area contributed by atoms with E-state index in [1.807, 2.05) is 26.2 Å². The first-order valence-corrected chi connectivity index (χ1v) is 7.14. The van der Waals surface area contributed by atoms with E-state index in [-0.39, 0.29) is 12.1 Å². The molecular formula is C14H20N4O2. The average molecular weight is 276 g/mol. The Morgan fingerprint density at radius 1 is 1.20 bits per heavy atom. The van der Waals surface area contributed by atoms with Crippen molar-refractivity contribution < 1.29 is 9.90 Å². The third-order valence-corrected chi connectivity index (χ3v) is 4.20. The minimum absolute atomic E-state index is 0.0459. The van der Waals surface area contributed by atoms with Crippen molar-refractivity contribution in [3.63, 3.8) is 0 Å². The quantitative estimate of drug-likeness (QED) is 0.893. The summed E-state index contributed by atoms with van der Waals surface area (Å²) in [5.41, 5.74) is 1.22. The molecule has 6 nitrogen and oxygen atoms in total. The molecule has 1 saturated carbocycles. The van der Waals surface area contributed by atoms with Gasteiger partial charge in [-0.2, -0.15) is 0 Å². The molecule has 2 atom stereocenters. The predicted octanol–water partition coefficient (Wildman–Crippen LogP) is 1.93. The highest BCUT2D eigenvalue weighted by molar-refractivity contribution is 5.66. The summed E-state index contributed by atoms with van der Waals surface area (Å²) in [4.78, 5) is 23.7. The molecule has 2 fully saturated rings. The van der Waals surface area contributed by atoms with E-state index in [1.165, 1.54) is 23.3 Å². The lowest BCUT2D eigenvalue weighted by atomic mass is 10.1. The lowest BCUT2D eigenvalue weighted by Crippen LogP contribution is -2.58. The number of amides is 1. The summed E-state index contributed by atoms with van der Waals surface area (Å²) in [5, 5.41) is 9.16. The number of carbonyl (C=O) groups is 1. The first kappa shape index (κ1) is 13.1. The van der Waals surface area contributed by atoms with Crippen LogP contribution in [0.4, 0.5) is 10.7 Å². The summed E-state index contributed by atoms with van der Waals surface area (Å²) in [6, 6.07) is 0.0458. The van der Waals surface area contributed by atoms with Gasteiger partial charge >= 0.3 is 6.09 Å². The van der Waals surface area contributed by atoms with Gasteiger partial charge in [0.05, 0.1) is 0 Å². The van der Waals surface area contributed by atoms with Gasteiger partial charge in [-0.25, -0.2) is 14.8 Å². The number of anilines is 1.